The average Bonchev–Trinajstić information content (AvgIpc) is 3.72. The van der Waals surface area contributed by atoms with E-state index in [9.17, 15) is 14.9 Å². The van der Waals surface area contributed by atoms with Crippen molar-refractivity contribution in [1.82, 2.24) is 0 Å². The second kappa shape index (κ2) is 11.5. The lowest BCUT2D eigenvalue weighted by Gasteiger charge is -2.30. The van der Waals surface area contributed by atoms with Gasteiger partial charge in [0.05, 0.1) is 32.6 Å². The summed E-state index contributed by atoms with van der Waals surface area (Å²) in [6.07, 6.45) is 4.26. The zero-order valence-corrected chi connectivity index (χ0v) is 23.1. The molecule has 0 bridgehead atoms. The monoisotopic (exact) mass is 549 g/mol. The van der Waals surface area contributed by atoms with Gasteiger partial charge in [0.2, 0.25) is 5.91 Å². The van der Waals surface area contributed by atoms with Crippen LogP contribution in [0.2, 0.25) is 10.0 Å². The molecular weight excluding hydrogens is 521 g/mol. The largest absolute Gasteiger partial charge is 0.489 e. The molecule has 8 heteroatoms. The van der Waals surface area contributed by atoms with Gasteiger partial charge < -0.3 is 10.5 Å². The molecule has 1 aliphatic carbocycles. The van der Waals surface area contributed by atoms with Crippen molar-refractivity contribution in [3.8, 4) is 11.8 Å². The first kappa shape index (κ1) is 27.5. The molecule has 2 aromatic carbocycles. The van der Waals surface area contributed by atoms with Crippen molar-refractivity contribution in [1.29, 1.82) is 5.26 Å². The summed E-state index contributed by atoms with van der Waals surface area (Å²) < 4.78 is 6.08. The van der Waals surface area contributed by atoms with Crippen LogP contribution in [-0.2, 0) is 16.0 Å². The zero-order valence-electron chi connectivity index (χ0n) is 21.6. The number of nitrogens with two attached hydrogens (primary N) is 1. The van der Waals surface area contributed by atoms with Crippen molar-refractivity contribution in [2.45, 2.75) is 46.5 Å². The van der Waals surface area contributed by atoms with Crippen molar-refractivity contribution >= 4 is 46.3 Å². The first-order valence-corrected chi connectivity index (χ1v) is 13.2. The standard InChI is InChI=1S/C30H29Cl2N3O3/c1-17(2)13-21(15-33)18(3)35-26-11-10-22(14-20(26)9-12-27(35)36)38-16-23(30(37)19-7-8-19)29(34)28-24(31)5-4-6-25(28)32/h4-6,10-11,13-14,19H,7-9,12,16,34H2,1-3H3/b21-18-,29-23?. The Kier molecular flexibility index (Phi) is 8.30. The van der Waals surface area contributed by atoms with E-state index in [0.29, 0.717) is 56.7 Å². The number of hydrogen-bond donors (Lipinski definition) is 1. The van der Waals surface area contributed by atoms with Gasteiger partial charge in [-0.2, -0.15) is 5.26 Å². The van der Waals surface area contributed by atoms with Gasteiger partial charge in [0.15, 0.2) is 5.78 Å². The Balaban J connectivity index is 1.65. The number of amides is 1. The van der Waals surface area contributed by atoms with E-state index in [0.717, 1.165) is 24.0 Å². The highest BCUT2D eigenvalue weighted by atomic mass is 35.5. The number of hydrogen-bond acceptors (Lipinski definition) is 5. The summed E-state index contributed by atoms with van der Waals surface area (Å²) in [5.41, 5.74) is 11.1. The van der Waals surface area contributed by atoms with Crippen LogP contribution < -0.4 is 15.4 Å². The van der Waals surface area contributed by atoms with Crippen molar-refractivity contribution in [2.75, 3.05) is 11.5 Å². The molecule has 1 saturated carbocycles. The number of fused-ring (bicyclic) bond motifs is 1. The Morgan fingerprint density at radius 2 is 1.84 bits per heavy atom. The van der Waals surface area contributed by atoms with Gasteiger partial charge in [0, 0.05) is 23.6 Å². The minimum atomic E-state index is -0.0681. The van der Waals surface area contributed by atoms with Crippen LogP contribution in [0.15, 0.2) is 64.9 Å². The lowest BCUT2D eigenvalue weighted by atomic mass is 9.99. The van der Waals surface area contributed by atoms with Crippen LogP contribution in [0.25, 0.3) is 5.70 Å². The number of nitrogens with zero attached hydrogens (tertiary/aromatic N) is 2. The fourth-order valence-corrected chi connectivity index (χ4v) is 5.09. The van der Waals surface area contributed by atoms with Crippen LogP contribution in [0.5, 0.6) is 5.75 Å². The second-order valence-corrected chi connectivity index (χ2v) is 10.6. The van der Waals surface area contributed by atoms with Gasteiger partial charge >= 0.3 is 0 Å². The molecule has 0 unspecified atom stereocenters. The van der Waals surface area contributed by atoms with Crippen LogP contribution in [-0.4, -0.2) is 18.3 Å². The molecule has 2 aromatic rings. The minimum absolute atomic E-state index is 0.0395. The predicted octanol–water partition coefficient (Wildman–Crippen LogP) is 6.76. The minimum Gasteiger partial charge on any atom is -0.489 e. The molecular formula is C30H29Cl2N3O3. The third-order valence-corrected chi connectivity index (χ3v) is 7.24. The molecule has 0 aromatic heterocycles. The zero-order chi connectivity index (χ0) is 27.6. The molecule has 1 heterocycles. The molecule has 1 amide bonds. The second-order valence-electron chi connectivity index (χ2n) is 9.77. The van der Waals surface area contributed by atoms with Gasteiger partial charge in [-0.05, 0) is 82.0 Å². The molecule has 2 aliphatic rings. The summed E-state index contributed by atoms with van der Waals surface area (Å²) in [7, 11) is 0. The lowest BCUT2D eigenvalue weighted by molar-refractivity contribution is -0.118. The third-order valence-electron chi connectivity index (χ3n) is 6.61. The quantitative estimate of drug-likeness (QED) is 0.223. The fourth-order valence-electron chi connectivity index (χ4n) is 4.49. The number of allylic oxidation sites excluding steroid dienone is 4. The summed E-state index contributed by atoms with van der Waals surface area (Å²) in [5.74, 6) is 0.352. The number of carbonyl (C=O) groups excluding carboxylic acids is 2. The molecule has 0 atom stereocenters. The summed E-state index contributed by atoms with van der Waals surface area (Å²) in [6.45, 7) is 5.55. The summed E-state index contributed by atoms with van der Waals surface area (Å²) >= 11 is 12.7. The summed E-state index contributed by atoms with van der Waals surface area (Å²) in [5, 5.41) is 10.4. The Bertz CT molecular complexity index is 1420. The number of rotatable bonds is 8. The Hall–Kier alpha value is -3.53. The van der Waals surface area contributed by atoms with E-state index in [2.05, 4.69) is 6.07 Å². The van der Waals surface area contributed by atoms with Gasteiger partial charge in [0.1, 0.15) is 18.4 Å². The van der Waals surface area contributed by atoms with E-state index >= 15 is 0 Å². The van der Waals surface area contributed by atoms with Gasteiger partial charge in [-0.25, -0.2) is 0 Å². The maximum Gasteiger partial charge on any atom is 0.231 e. The Morgan fingerprint density at radius 3 is 2.45 bits per heavy atom. The van der Waals surface area contributed by atoms with E-state index in [1.54, 1.807) is 42.2 Å². The normalized spacial score (nSPS) is 16.1. The third kappa shape index (κ3) is 5.80. The Morgan fingerprint density at radius 1 is 1.16 bits per heavy atom. The molecule has 1 fully saturated rings. The first-order valence-electron chi connectivity index (χ1n) is 12.4. The van der Waals surface area contributed by atoms with Crippen LogP contribution in [0.4, 0.5) is 5.69 Å². The highest BCUT2D eigenvalue weighted by Gasteiger charge is 2.34. The van der Waals surface area contributed by atoms with E-state index in [1.165, 1.54) is 0 Å². The van der Waals surface area contributed by atoms with Crippen molar-refractivity contribution in [3.05, 3.63) is 86.1 Å². The molecule has 0 spiro atoms. The molecule has 0 radical (unpaired) electrons. The molecule has 38 heavy (non-hydrogen) atoms. The number of carbonyl (C=O) groups is 2. The number of ketones is 1. The predicted molar refractivity (Wildman–Crippen MR) is 151 cm³/mol. The maximum absolute atomic E-state index is 13.1. The number of anilines is 1. The van der Waals surface area contributed by atoms with E-state index in [-0.39, 0.29) is 29.9 Å². The molecule has 0 saturated heterocycles. The van der Waals surface area contributed by atoms with Crippen molar-refractivity contribution < 1.29 is 14.3 Å². The van der Waals surface area contributed by atoms with Gasteiger partial charge in [-0.3, -0.25) is 14.5 Å². The highest BCUT2D eigenvalue weighted by molar-refractivity contribution is 6.37. The summed E-state index contributed by atoms with van der Waals surface area (Å²) in [6, 6.07) is 12.7. The Labute approximate surface area is 233 Å². The number of aryl methyl sites for hydroxylation is 1. The lowest BCUT2D eigenvalue weighted by Crippen LogP contribution is -2.34. The number of ether oxygens (including phenoxy) is 1. The molecule has 2 N–H and O–H groups in total. The SMILES string of the molecule is CC(C)=C/C(C#N)=C(\C)N1C(=O)CCc2cc(OCC(C(=O)C3CC3)=C(N)c3c(Cl)cccc3Cl)ccc21. The number of Topliss-reactive ketones (excluding diaryl/α,β-unsaturated/α-hetero) is 1. The molecule has 6 nitrogen and oxygen atoms in total. The average molecular weight is 550 g/mol. The van der Waals surface area contributed by atoms with Gasteiger partial charge in [-0.15, -0.1) is 0 Å². The van der Waals surface area contributed by atoms with Gasteiger partial charge in [0.25, 0.3) is 0 Å². The smallest absolute Gasteiger partial charge is 0.231 e. The molecule has 1 aliphatic heterocycles. The van der Waals surface area contributed by atoms with Crippen LogP contribution in [0.3, 0.4) is 0 Å². The number of nitriles is 1. The van der Waals surface area contributed by atoms with Gasteiger partial charge in [-0.1, -0.05) is 34.8 Å². The first-order chi connectivity index (χ1) is 18.1. The van der Waals surface area contributed by atoms with Crippen molar-refractivity contribution in [3.63, 3.8) is 0 Å². The maximum atomic E-state index is 13.1. The highest BCUT2D eigenvalue weighted by Crippen LogP contribution is 2.38. The van der Waals surface area contributed by atoms with Crippen LogP contribution in [0.1, 0.15) is 51.2 Å². The summed E-state index contributed by atoms with van der Waals surface area (Å²) in [4.78, 5) is 27.6. The molecule has 196 valence electrons. The molecule has 4 rings (SSSR count). The van der Waals surface area contributed by atoms with Crippen LogP contribution >= 0.6 is 23.2 Å². The fraction of sp³-hybridized carbons (Fsp3) is 0.300. The van der Waals surface area contributed by atoms with E-state index in [4.69, 9.17) is 33.7 Å². The van der Waals surface area contributed by atoms with E-state index < -0.39 is 0 Å². The van der Waals surface area contributed by atoms with Crippen molar-refractivity contribution in [2.24, 2.45) is 11.7 Å². The van der Waals surface area contributed by atoms with Crippen LogP contribution in [0, 0.1) is 17.2 Å². The van der Waals surface area contributed by atoms with E-state index in [1.807, 2.05) is 26.0 Å². The topological polar surface area (TPSA) is 96.4 Å². The number of benzene rings is 2. The number of halogens is 2.